The van der Waals surface area contributed by atoms with E-state index in [1.165, 1.54) is 6.07 Å². The summed E-state index contributed by atoms with van der Waals surface area (Å²) in [5.74, 6) is 0.650. The fourth-order valence-corrected chi connectivity index (χ4v) is 3.82. The fraction of sp³-hybridized carbons (Fsp3) is 0.250. The third kappa shape index (κ3) is 3.64. The second-order valence-corrected chi connectivity index (χ2v) is 7.71. The molecule has 1 aromatic carbocycles. The van der Waals surface area contributed by atoms with Gasteiger partial charge in [-0.05, 0) is 49.4 Å². The Labute approximate surface area is 164 Å². The molecule has 1 aliphatic heterocycles. The van der Waals surface area contributed by atoms with Gasteiger partial charge in [-0.2, -0.15) is 18.3 Å². The summed E-state index contributed by atoms with van der Waals surface area (Å²) in [4.78, 5) is 2.01. The molecule has 4 nitrogen and oxygen atoms in total. The smallest absolute Gasteiger partial charge is 0.425 e. The van der Waals surface area contributed by atoms with Gasteiger partial charge < -0.3 is 9.64 Å². The lowest BCUT2D eigenvalue weighted by Crippen LogP contribution is -2.19. The minimum Gasteiger partial charge on any atom is -0.488 e. The van der Waals surface area contributed by atoms with E-state index in [1.807, 2.05) is 49.1 Å². The van der Waals surface area contributed by atoms with Crippen molar-refractivity contribution < 1.29 is 17.9 Å². The van der Waals surface area contributed by atoms with E-state index in [0.29, 0.717) is 28.5 Å². The van der Waals surface area contributed by atoms with E-state index in [0.717, 1.165) is 28.4 Å². The fourth-order valence-electron chi connectivity index (χ4n) is 3.03. The Kier molecular flexibility index (Phi) is 4.66. The molecule has 4 rings (SSSR count). The molecule has 1 aliphatic rings. The van der Waals surface area contributed by atoms with Crippen molar-refractivity contribution in [3.8, 4) is 0 Å². The Morgan fingerprint density at radius 3 is 2.71 bits per heavy atom. The van der Waals surface area contributed by atoms with Crippen LogP contribution >= 0.6 is 11.3 Å². The molecule has 0 unspecified atom stereocenters. The predicted octanol–water partition coefficient (Wildman–Crippen LogP) is 5.40. The third-order valence-corrected chi connectivity index (χ3v) is 5.78. The third-order valence-electron chi connectivity index (χ3n) is 4.67. The van der Waals surface area contributed by atoms with Crippen LogP contribution < -0.4 is 4.90 Å². The van der Waals surface area contributed by atoms with Crippen LogP contribution in [0.5, 0.6) is 0 Å². The monoisotopic (exact) mass is 405 g/mol. The second-order valence-electron chi connectivity index (χ2n) is 6.54. The summed E-state index contributed by atoms with van der Waals surface area (Å²) in [6.07, 6.45) is 1.35. The van der Waals surface area contributed by atoms with E-state index < -0.39 is 11.1 Å². The maximum Gasteiger partial charge on any atom is 0.425 e. The van der Waals surface area contributed by atoms with Gasteiger partial charge >= 0.3 is 6.18 Å². The van der Waals surface area contributed by atoms with E-state index in [2.05, 4.69) is 16.1 Å². The Hall–Kier alpha value is -2.74. The van der Waals surface area contributed by atoms with Gasteiger partial charge in [-0.25, -0.2) is 0 Å². The van der Waals surface area contributed by atoms with Gasteiger partial charge in [-0.3, -0.25) is 4.68 Å². The van der Waals surface area contributed by atoms with Gasteiger partial charge in [0, 0.05) is 41.4 Å². The van der Waals surface area contributed by atoms with Gasteiger partial charge in [0.1, 0.15) is 17.2 Å². The molecule has 0 bridgehead atoms. The Morgan fingerprint density at radius 2 is 2.04 bits per heavy atom. The topological polar surface area (TPSA) is 30.3 Å². The van der Waals surface area contributed by atoms with Crippen molar-refractivity contribution in [3.05, 3.63) is 69.9 Å². The molecule has 2 aromatic heterocycles. The van der Waals surface area contributed by atoms with Crippen molar-refractivity contribution in [1.29, 1.82) is 0 Å². The first-order valence-corrected chi connectivity index (χ1v) is 9.50. The number of halogens is 3. The lowest BCUT2D eigenvalue weighted by Gasteiger charge is -2.23. The van der Waals surface area contributed by atoms with E-state index in [4.69, 9.17) is 4.74 Å². The lowest BCUT2D eigenvalue weighted by atomic mass is 10.1. The van der Waals surface area contributed by atoms with Crippen LogP contribution in [0.15, 0.2) is 54.4 Å². The molecule has 0 aliphatic carbocycles. The zero-order valence-electron chi connectivity index (χ0n) is 15.3. The summed E-state index contributed by atoms with van der Waals surface area (Å²) in [5.41, 5.74) is 3.10. The Balaban J connectivity index is 1.40. The van der Waals surface area contributed by atoms with E-state index >= 15 is 0 Å². The minimum absolute atomic E-state index is 0.123. The number of fused-ring (bicyclic) bond motifs is 1. The standard InChI is InChI=1S/C20H18F3N3OS/c1-13-17-11-14(3-5-18(17)24-25(13)2)26-9-7-15(8-10-26)27-12-16-4-6-19(28-16)20(21,22)23/h3-9,11H,10,12H2,1-2H3. The molecular weight excluding hydrogens is 387 g/mol. The molecule has 0 fully saturated rings. The number of thiophene rings is 1. The average molecular weight is 405 g/mol. The molecule has 0 radical (unpaired) electrons. The van der Waals surface area contributed by atoms with Crippen LogP contribution in [0.1, 0.15) is 15.4 Å². The summed E-state index contributed by atoms with van der Waals surface area (Å²) < 4.78 is 45.5. The molecule has 146 valence electrons. The van der Waals surface area contributed by atoms with E-state index in [9.17, 15) is 13.2 Å². The number of nitrogens with zero attached hydrogens (tertiary/aromatic N) is 3. The summed E-state index contributed by atoms with van der Waals surface area (Å²) >= 11 is 0.711. The maximum atomic E-state index is 12.7. The van der Waals surface area contributed by atoms with Gasteiger partial charge in [0.05, 0.1) is 5.52 Å². The van der Waals surface area contributed by atoms with Crippen molar-refractivity contribution in [1.82, 2.24) is 9.78 Å². The van der Waals surface area contributed by atoms with E-state index in [-0.39, 0.29) is 6.61 Å². The number of allylic oxidation sites excluding steroid dienone is 1. The second kappa shape index (κ2) is 7.01. The molecule has 0 N–H and O–H groups in total. The largest absolute Gasteiger partial charge is 0.488 e. The van der Waals surface area contributed by atoms with E-state index in [1.54, 1.807) is 0 Å². The number of hydrogen-bond acceptors (Lipinski definition) is 4. The summed E-state index contributed by atoms with van der Waals surface area (Å²) in [5, 5.41) is 5.57. The molecule has 3 heterocycles. The number of ether oxygens (including phenoxy) is 1. The van der Waals surface area contributed by atoms with Gasteiger partial charge in [0.2, 0.25) is 0 Å². The van der Waals surface area contributed by atoms with Crippen molar-refractivity contribution in [3.63, 3.8) is 0 Å². The first-order valence-electron chi connectivity index (χ1n) is 8.68. The van der Waals surface area contributed by atoms with Crippen LogP contribution in [0.4, 0.5) is 18.9 Å². The molecule has 0 saturated heterocycles. The first kappa shape index (κ1) is 18.6. The van der Waals surface area contributed by atoms with Crippen molar-refractivity contribution in [2.24, 2.45) is 7.05 Å². The van der Waals surface area contributed by atoms with Gasteiger partial charge in [0.15, 0.2) is 0 Å². The molecular formula is C20H18F3N3OS. The van der Waals surface area contributed by atoms with Gasteiger partial charge in [-0.1, -0.05) is 0 Å². The number of aryl methyl sites for hydroxylation is 2. The molecule has 8 heteroatoms. The summed E-state index contributed by atoms with van der Waals surface area (Å²) in [6, 6.07) is 8.66. The average Bonchev–Trinajstić information content (AvgIpc) is 3.26. The number of anilines is 1. The van der Waals surface area contributed by atoms with Gasteiger partial charge in [0.25, 0.3) is 0 Å². The first-order chi connectivity index (χ1) is 13.3. The highest BCUT2D eigenvalue weighted by atomic mass is 32.1. The molecule has 28 heavy (non-hydrogen) atoms. The van der Waals surface area contributed by atoms with Crippen LogP contribution in [0, 0.1) is 6.92 Å². The summed E-state index contributed by atoms with van der Waals surface area (Å²) in [7, 11) is 1.92. The Bertz CT molecular complexity index is 1080. The van der Waals surface area contributed by atoms with Crippen LogP contribution in [0.2, 0.25) is 0 Å². The van der Waals surface area contributed by atoms with Crippen LogP contribution in [-0.2, 0) is 24.6 Å². The summed E-state index contributed by atoms with van der Waals surface area (Å²) in [6.45, 7) is 2.78. The van der Waals surface area contributed by atoms with Crippen molar-refractivity contribution in [2.45, 2.75) is 19.7 Å². The quantitative estimate of drug-likeness (QED) is 0.583. The maximum absolute atomic E-state index is 12.7. The number of aromatic nitrogens is 2. The number of hydrogen-bond donors (Lipinski definition) is 0. The highest BCUT2D eigenvalue weighted by Gasteiger charge is 2.32. The van der Waals surface area contributed by atoms with Crippen LogP contribution in [0.25, 0.3) is 10.9 Å². The molecule has 0 saturated carbocycles. The number of benzene rings is 1. The number of alkyl halides is 3. The molecule has 0 amide bonds. The van der Waals surface area contributed by atoms with Crippen LogP contribution in [0.3, 0.4) is 0 Å². The number of rotatable bonds is 4. The van der Waals surface area contributed by atoms with Crippen molar-refractivity contribution in [2.75, 3.05) is 11.4 Å². The molecule has 0 spiro atoms. The molecule has 3 aromatic rings. The zero-order valence-corrected chi connectivity index (χ0v) is 16.1. The molecule has 0 atom stereocenters. The van der Waals surface area contributed by atoms with Gasteiger partial charge in [-0.15, -0.1) is 11.3 Å². The predicted molar refractivity (Wildman–Crippen MR) is 104 cm³/mol. The van der Waals surface area contributed by atoms with Crippen LogP contribution in [-0.4, -0.2) is 16.3 Å². The minimum atomic E-state index is -4.30. The SMILES string of the molecule is Cc1c2cc(N3C=CC(OCc4ccc(C(F)(F)F)s4)=CC3)ccc2nn1C. The zero-order chi connectivity index (χ0) is 19.9. The normalized spacial score (nSPS) is 14.6. The highest BCUT2D eigenvalue weighted by molar-refractivity contribution is 7.12. The Morgan fingerprint density at radius 1 is 1.21 bits per heavy atom. The van der Waals surface area contributed by atoms with Crippen molar-refractivity contribution >= 4 is 27.9 Å². The lowest BCUT2D eigenvalue weighted by molar-refractivity contribution is -0.134. The highest BCUT2D eigenvalue weighted by Crippen LogP contribution is 2.35.